The van der Waals surface area contributed by atoms with Crippen molar-refractivity contribution in [2.45, 2.75) is 104 Å². The number of nitrogens with zero attached hydrogens (tertiary/aromatic N) is 4. The third kappa shape index (κ3) is 4.49. The van der Waals surface area contributed by atoms with Crippen molar-refractivity contribution < 1.29 is 14.3 Å². The average molecular weight is 527 g/mol. The third-order valence-electron chi connectivity index (χ3n) is 12.6. The number of aryl methyl sites for hydroxylation is 1. The Bertz CT molecular complexity index is 1010. The fraction of sp³-hybridized carbons (Fsp3) is 0.903. The molecule has 5 aliphatic rings. The molecule has 1 aromatic rings. The van der Waals surface area contributed by atoms with Crippen molar-refractivity contribution in [2.24, 2.45) is 46.3 Å². The minimum Gasteiger partial charge on any atom is -0.408 e. The summed E-state index contributed by atoms with van der Waals surface area (Å²) in [7, 11) is 0. The number of aromatic nitrogens is 2. The first-order valence-electron chi connectivity index (χ1n) is 15.7. The molecule has 2 heterocycles. The zero-order valence-corrected chi connectivity index (χ0v) is 24.2. The lowest BCUT2D eigenvalue weighted by atomic mass is 9.44. The molecule has 6 rings (SSSR count). The standard InChI is InChI=1S/C31H50N4O3/c1-20(5-10-28(37)34-15-17-35(18-16-34)29-33-32-21(2)38-29)25-8-9-26-24-7-6-22-19-23(36)11-13-30(22,3)27(24)12-14-31(25,26)4/h20,22-27,36H,5-19H2,1-4H3/t20?,22?,23-,24-,25+,26-,27-,30-,31+/m0/s1. The molecule has 212 valence electrons. The predicted molar refractivity (Wildman–Crippen MR) is 147 cm³/mol. The number of piperazine rings is 1. The first-order valence-corrected chi connectivity index (χ1v) is 15.7. The Morgan fingerprint density at radius 2 is 1.74 bits per heavy atom. The van der Waals surface area contributed by atoms with E-state index in [0.717, 1.165) is 75.0 Å². The van der Waals surface area contributed by atoms with Crippen LogP contribution in [0.3, 0.4) is 0 Å². The Morgan fingerprint density at radius 3 is 2.47 bits per heavy atom. The van der Waals surface area contributed by atoms with E-state index in [9.17, 15) is 9.90 Å². The summed E-state index contributed by atoms with van der Waals surface area (Å²) in [6.45, 7) is 12.4. The van der Waals surface area contributed by atoms with E-state index in [1.807, 2.05) is 11.8 Å². The number of aliphatic hydroxyl groups excluding tert-OH is 1. The van der Waals surface area contributed by atoms with Crippen LogP contribution in [0, 0.1) is 53.3 Å². The Balaban J connectivity index is 1.03. The van der Waals surface area contributed by atoms with Gasteiger partial charge in [0.15, 0.2) is 0 Å². The molecule has 38 heavy (non-hydrogen) atoms. The van der Waals surface area contributed by atoms with Crippen LogP contribution in [0.25, 0.3) is 0 Å². The Hall–Kier alpha value is -1.63. The molecular weight excluding hydrogens is 476 g/mol. The molecule has 7 heteroatoms. The highest BCUT2D eigenvalue weighted by molar-refractivity contribution is 5.76. The Labute approximate surface area is 229 Å². The largest absolute Gasteiger partial charge is 0.408 e. The highest BCUT2D eigenvalue weighted by Gasteiger charge is 2.60. The molecule has 7 nitrogen and oxygen atoms in total. The van der Waals surface area contributed by atoms with E-state index >= 15 is 0 Å². The molecule has 1 aliphatic heterocycles. The predicted octanol–water partition coefficient (Wildman–Crippen LogP) is 5.46. The van der Waals surface area contributed by atoms with Crippen LogP contribution in [0.1, 0.15) is 97.3 Å². The maximum Gasteiger partial charge on any atom is 0.318 e. The minimum absolute atomic E-state index is 0.0589. The van der Waals surface area contributed by atoms with Crippen molar-refractivity contribution in [3.8, 4) is 0 Å². The molecule has 0 aromatic carbocycles. The van der Waals surface area contributed by atoms with Gasteiger partial charge in [0.05, 0.1) is 6.10 Å². The Morgan fingerprint density at radius 1 is 1.00 bits per heavy atom. The summed E-state index contributed by atoms with van der Waals surface area (Å²) in [6.07, 6.45) is 13.1. The van der Waals surface area contributed by atoms with E-state index in [0.29, 0.717) is 41.0 Å². The van der Waals surface area contributed by atoms with Gasteiger partial charge in [0.25, 0.3) is 0 Å². The van der Waals surface area contributed by atoms with Crippen LogP contribution in [0.2, 0.25) is 0 Å². The smallest absolute Gasteiger partial charge is 0.318 e. The third-order valence-corrected chi connectivity index (χ3v) is 12.6. The highest BCUT2D eigenvalue weighted by atomic mass is 16.4. The van der Waals surface area contributed by atoms with E-state index < -0.39 is 0 Å². The van der Waals surface area contributed by atoms with Gasteiger partial charge >= 0.3 is 6.01 Å². The van der Waals surface area contributed by atoms with Crippen LogP contribution in [-0.2, 0) is 4.79 Å². The number of fused-ring (bicyclic) bond motifs is 5. The Kier molecular flexibility index (Phi) is 7.05. The van der Waals surface area contributed by atoms with E-state index in [-0.39, 0.29) is 6.10 Å². The zero-order valence-electron chi connectivity index (χ0n) is 24.2. The molecule has 1 saturated heterocycles. The maximum absolute atomic E-state index is 13.1. The van der Waals surface area contributed by atoms with Crippen molar-refractivity contribution in [1.82, 2.24) is 15.1 Å². The van der Waals surface area contributed by atoms with Gasteiger partial charge in [-0.05, 0) is 111 Å². The van der Waals surface area contributed by atoms with Crippen LogP contribution < -0.4 is 4.90 Å². The van der Waals surface area contributed by atoms with Gasteiger partial charge in [-0.1, -0.05) is 25.9 Å². The molecule has 4 saturated carbocycles. The zero-order chi connectivity index (χ0) is 26.7. The lowest BCUT2D eigenvalue weighted by molar-refractivity contribution is -0.133. The van der Waals surface area contributed by atoms with Crippen LogP contribution >= 0.6 is 0 Å². The van der Waals surface area contributed by atoms with Crippen molar-refractivity contribution >= 4 is 11.9 Å². The minimum atomic E-state index is -0.0589. The first-order chi connectivity index (χ1) is 18.2. The number of amides is 1. The number of carbonyl (C=O) groups is 1. The van der Waals surface area contributed by atoms with Gasteiger partial charge in [-0.2, -0.15) is 0 Å². The monoisotopic (exact) mass is 526 g/mol. The van der Waals surface area contributed by atoms with Crippen molar-refractivity contribution in [3.05, 3.63) is 5.89 Å². The molecule has 1 amide bonds. The van der Waals surface area contributed by atoms with Crippen LogP contribution in [0.15, 0.2) is 4.42 Å². The molecule has 2 unspecified atom stereocenters. The van der Waals surface area contributed by atoms with Gasteiger partial charge in [0.2, 0.25) is 11.8 Å². The normalized spacial score (nSPS) is 41.8. The molecule has 0 radical (unpaired) electrons. The number of hydrogen-bond donors (Lipinski definition) is 1. The molecule has 1 aromatic heterocycles. The fourth-order valence-corrected chi connectivity index (χ4v) is 10.5. The lowest BCUT2D eigenvalue weighted by Gasteiger charge is -2.61. The highest BCUT2D eigenvalue weighted by Crippen LogP contribution is 2.68. The van der Waals surface area contributed by atoms with E-state index in [1.54, 1.807) is 0 Å². The fourth-order valence-electron chi connectivity index (χ4n) is 10.5. The quantitative estimate of drug-likeness (QED) is 0.548. The van der Waals surface area contributed by atoms with Gasteiger partial charge in [-0.15, -0.1) is 5.10 Å². The molecule has 5 fully saturated rings. The van der Waals surface area contributed by atoms with E-state index in [1.165, 1.54) is 44.9 Å². The summed E-state index contributed by atoms with van der Waals surface area (Å²) in [5.74, 6) is 5.57. The summed E-state index contributed by atoms with van der Waals surface area (Å²) in [6, 6.07) is 0.575. The molecule has 4 aliphatic carbocycles. The number of hydrogen-bond acceptors (Lipinski definition) is 6. The van der Waals surface area contributed by atoms with Crippen molar-refractivity contribution in [1.29, 1.82) is 0 Å². The number of carbonyl (C=O) groups excluding carboxylic acids is 1. The number of rotatable bonds is 5. The summed E-state index contributed by atoms with van der Waals surface area (Å²) >= 11 is 0. The molecule has 9 atom stereocenters. The SMILES string of the molecule is Cc1nnc(N2CCN(C(=O)CCC(C)[C@H]3CC[C@H]4[C@@H]5CCC6C[C@@H](O)CC[C@]6(C)[C@H]5CC[C@]34C)CC2)o1. The average Bonchev–Trinajstić information content (AvgIpc) is 3.50. The number of anilines is 1. The van der Waals surface area contributed by atoms with Crippen LogP contribution in [0.4, 0.5) is 6.01 Å². The van der Waals surface area contributed by atoms with E-state index in [2.05, 4.69) is 35.9 Å². The second-order valence-electron chi connectivity index (χ2n) is 14.3. The van der Waals surface area contributed by atoms with Gasteiger partial charge in [-0.3, -0.25) is 4.79 Å². The summed E-state index contributed by atoms with van der Waals surface area (Å²) in [5.41, 5.74) is 0.890. The van der Waals surface area contributed by atoms with Gasteiger partial charge < -0.3 is 19.3 Å². The first kappa shape index (κ1) is 26.6. The second-order valence-corrected chi connectivity index (χ2v) is 14.3. The van der Waals surface area contributed by atoms with Gasteiger partial charge in [-0.25, -0.2) is 0 Å². The van der Waals surface area contributed by atoms with Crippen LogP contribution in [0.5, 0.6) is 0 Å². The topological polar surface area (TPSA) is 82.7 Å². The molecule has 1 N–H and O–H groups in total. The number of aliphatic hydroxyl groups is 1. The lowest BCUT2D eigenvalue weighted by Crippen LogP contribution is -2.54. The van der Waals surface area contributed by atoms with Gasteiger partial charge in [0.1, 0.15) is 0 Å². The molecule has 0 bridgehead atoms. The van der Waals surface area contributed by atoms with E-state index in [4.69, 9.17) is 4.42 Å². The summed E-state index contributed by atoms with van der Waals surface area (Å²) in [4.78, 5) is 17.3. The van der Waals surface area contributed by atoms with Crippen molar-refractivity contribution in [3.63, 3.8) is 0 Å². The summed E-state index contributed by atoms with van der Waals surface area (Å²) in [5, 5.41) is 18.4. The molecular formula is C31H50N4O3. The summed E-state index contributed by atoms with van der Waals surface area (Å²) < 4.78 is 5.57. The maximum atomic E-state index is 13.1. The van der Waals surface area contributed by atoms with Crippen LogP contribution in [-0.4, -0.2) is 58.4 Å². The molecule has 0 spiro atoms. The van der Waals surface area contributed by atoms with Crippen molar-refractivity contribution in [2.75, 3.05) is 31.1 Å². The van der Waals surface area contributed by atoms with Gasteiger partial charge in [0, 0.05) is 39.5 Å². The second kappa shape index (κ2) is 10.1.